The highest BCUT2D eigenvalue weighted by Crippen LogP contribution is 2.28. The second-order valence-electron chi connectivity index (χ2n) is 5.91. The molecule has 2 aromatic rings. The Labute approximate surface area is 162 Å². The molecule has 0 amide bonds. The highest BCUT2D eigenvalue weighted by molar-refractivity contribution is 6.03. The molecule has 0 aliphatic carbocycles. The number of nitrogens with one attached hydrogen (secondary N) is 1. The van der Waals surface area contributed by atoms with Crippen molar-refractivity contribution in [2.45, 2.75) is 20.8 Å². The Morgan fingerprint density at radius 1 is 1.04 bits per heavy atom. The normalized spacial score (nSPS) is 10.3. The topological polar surface area (TPSA) is 104 Å². The molecular weight excluding hydrogens is 366 g/mol. The predicted octanol–water partition coefficient (Wildman–Crippen LogP) is 2.87. The molecule has 8 heteroatoms. The first-order valence-electron chi connectivity index (χ1n) is 8.62. The number of aromatic amines is 1. The van der Waals surface area contributed by atoms with Gasteiger partial charge in [0.2, 0.25) is 5.78 Å². The molecule has 150 valence electrons. The molecular formula is C20H23NO7. The van der Waals surface area contributed by atoms with Gasteiger partial charge in [-0.05, 0) is 44.5 Å². The van der Waals surface area contributed by atoms with Crippen molar-refractivity contribution < 1.29 is 33.3 Å². The largest absolute Gasteiger partial charge is 0.493 e. The van der Waals surface area contributed by atoms with Crippen LogP contribution in [-0.4, -0.2) is 50.1 Å². The van der Waals surface area contributed by atoms with Crippen molar-refractivity contribution in [3.8, 4) is 11.5 Å². The standard InChI is InChI=1S/C20H23NO7/c1-6-27-15-8-7-13(9-16(15)25-4)19(23)28-10-14(22)18-11(2)17(12(3)21-18)20(24)26-5/h7-9,21H,6,10H2,1-5H3. The quantitative estimate of drug-likeness (QED) is 0.547. The maximum atomic E-state index is 12.4. The summed E-state index contributed by atoms with van der Waals surface area (Å²) in [4.78, 5) is 39.4. The van der Waals surface area contributed by atoms with E-state index in [-0.39, 0.29) is 11.3 Å². The Kier molecular flexibility index (Phi) is 6.81. The highest BCUT2D eigenvalue weighted by Gasteiger charge is 2.23. The van der Waals surface area contributed by atoms with Crippen LogP contribution in [0.2, 0.25) is 0 Å². The van der Waals surface area contributed by atoms with Crippen LogP contribution in [0, 0.1) is 13.8 Å². The molecule has 0 spiro atoms. The van der Waals surface area contributed by atoms with Crippen LogP contribution >= 0.6 is 0 Å². The Bertz CT molecular complexity index is 898. The predicted molar refractivity (Wildman–Crippen MR) is 100 cm³/mol. The average molecular weight is 389 g/mol. The van der Waals surface area contributed by atoms with Crippen LogP contribution in [0.3, 0.4) is 0 Å². The van der Waals surface area contributed by atoms with E-state index in [1.165, 1.54) is 26.4 Å². The van der Waals surface area contributed by atoms with E-state index >= 15 is 0 Å². The number of aromatic nitrogens is 1. The first-order valence-corrected chi connectivity index (χ1v) is 8.62. The average Bonchev–Trinajstić information content (AvgIpc) is 2.99. The molecule has 0 atom stereocenters. The molecule has 0 fully saturated rings. The number of benzene rings is 1. The van der Waals surface area contributed by atoms with Gasteiger partial charge in [0.15, 0.2) is 18.1 Å². The zero-order valence-corrected chi connectivity index (χ0v) is 16.5. The lowest BCUT2D eigenvalue weighted by molar-refractivity contribution is 0.0472. The van der Waals surface area contributed by atoms with Crippen LogP contribution in [0.25, 0.3) is 0 Å². The number of rotatable bonds is 8. The van der Waals surface area contributed by atoms with E-state index in [1.54, 1.807) is 19.9 Å². The molecule has 0 unspecified atom stereocenters. The Morgan fingerprint density at radius 3 is 2.36 bits per heavy atom. The number of ketones is 1. The molecule has 0 saturated carbocycles. The number of carbonyl (C=O) groups is 3. The lowest BCUT2D eigenvalue weighted by Crippen LogP contribution is -2.16. The van der Waals surface area contributed by atoms with Gasteiger partial charge in [-0.25, -0.2) is 9.59 Å². The van der Waals surface area contributed by atoms with Gasteiger partial charge in [-0.15, -0.1) is 0 Å². The van der Waals surface area contributed by atoms with E-state index in [9.17, 15) is 14.4 Å². The molecule has 0 bridgehead atoms. The van der Waals surface area contributed by atoms with Gasteiger partial charge in [-0.1, -0.05) is 0 Å². The van der Waals surface area contributed by atoms with E-state index in [2.05, 4.69) is 4.98 Å². The zero-order chi connectivity index (χ0) is 20.8. The van der Waals surface area contributed by atoms with Crippen molar-refractivity contribution in [2.75, 3.05) is 27.4 Å². The fraction of sp³-hybridized carbons (Fsp3) is 0.350. The molecule has 0 aliphatic heterocycles. The summed E-state index contributed by atoms with van der Waals surface area (Å²) in [5.41, 5.74) is 1.69. The third-order valence-corrected chi connectivity index (χ3v) is 4.14. The van der Waals surface area contributed by atoms with Gasteiger partial charge in [-0.2, -0.15) is 0 Å². The highest BCUT2D eigenvalue weighted by atomic mass is 16.5. The van der Waals surface area contributed by atoms with Crippen molar-refractivity contribution in [2.24, 2.45) is 0 Å². The van der Waals surface area contributed by atoms with Crippen LogP contribution in [0.4, 0.5) is 0 Å². The molecule has 1 heterocycles. The summed E-state index contributed by atoms with van der Waals surface area (Å²) in [7, 11) is 2.73. The molecule has 1 aromatic heterocycles. The summed E-state index contributed by atoms with van der Waals surface area (Å²) in [6, 6.07) is 4.61. The molecule has 8 nitrogen and oxygen atoms in total. The van der Waals surface area contributed by atoms with Crippen molar-refractivity contribution in [1.29, 1.82) is 0 Å². The zero-order valence-electron chi connectivity index (χ0n) is 16.5. The van der Waals surface area contributed by atoms with Crippen LogP contribution in [0.5, 0.6) is 11.5 Å². The Morgan fingerprint density at radius 2 is 1.75 bits per heavy atom. The molecule has 1 N–H and O–H groups in total. The SMILES string of the molecule is CCOc1ccc(C(=O)OCC(=O)c2[nH]c(C)c(C(=O)OC)c2C)cc1OC. The number of carbonyl (C=O) groups excluding carboxylic acids is 3. The minimum atomic E-state index is -0.677. The van der Waals surface area contributed by atoms with Crippen LogP contribution in [-0.2, 0) is 9.47 Å². The van der Waals surface area contributed by atoms with Crippen molar-refractivity contribution >= 4 is 17.7 Å². The number of ether oxygens (including phenoxy) is 4. The third kappa shape index (κ3) is 4.33. The van der Waals surface area contributed by atoms with Crippen LogP contribution in [0.1, 0.15) is 49.4 Å². The Hall–Kier alpha value is -3.29. The molecule has 0 aliphatic rings. The number of esters is 2. The first kappa shape index (κ1) is 21.0. The molecule has 0 radical (unpaired) electrons. The van der Waals surface area contributed by atoms with E-state index in [1.807, 2.05) is 6.92 Å². The number of Topliss-reactive ketones (excluding diaryl/α,β-unsaturated/α-hetero) is 1. The maximum Gasteiger partial charge on any atom is 0.339 e. The summed E-state index contributed by atoms with van der Waals surface area (Å²) in [5, 5.41) is 0. The molecule has 0 saturated heterocycles. The second kappa shape index (κ2) is 9.07. The Balaban J connectivity index is 2.11. The molecule has 2 rings (SSSR count). The van der Waals surface area contributed by atoms with Gasteiger partial charge in [0.05, 0.1) is 37.6 Å². The molecule has 1 aromatic carbocycles. The number of aryl methyl sites for hydroxylation is 1. The number of methoxy groups -OCH3 is 2. The van der Waals surface area contributed by atoms with E-state index in [4.69, 9.17) is 18.9 Å². The minimum absolute atomic E-state index is 0.204. The van der Waals surface area contributed by atoms with Crippen molar-refractivity contribution in [3.05, 3.63) is 46.3 Å². The fourth-order valence-electron chi connectivity index (χ4n) is 2.79. The summed E-state index contributed by atoms with van der Waals surface area (Å²) in [5.74, 6) is -0.777. The minimum Gasteiger partial charge on any atom is -0.493 e. The monoisotopic (exact) mass is 389 g/mol. The van der Waals surface area contributed by atoms with E-state index in [0.717, 1.165) is 0 Å². The van der Waals surface area contributed by atoms with Gasteiger partial charge in [0.1, 0.15) is 0 Å². The lowest BCUT2D eigenvalue weighted by Gasteiger charge is -2.10. The summed E-state index contributed by atoms with van der Waals surface area (Å²) >= 11 is 0. The summed E-state index contributed by atoms with van der Waals surface area (Å²) < 4.78 is 20.4. The molecule has 28 heavy (non-hydrogen) atoms. The number of hydrogen-bond acceptors (Lipinski definition) is 7. The van der Waals surface area contributed by atoms with Gasteiger partial charge < -0.3 is 23.9 Å². The summed E-state index contributed by atoms with van der Waals surface area (Å²) in [6.45, 7) is 5.10. The van der Waals surface area contributed by atoms with Crippen LogP contribution in [0.15, 0.2) is 18.2 Å². The van der Waals surface area contributed by atoms with E-state index < -0.39 is 24.3 Å². The number of H-pyrrole nitrogens is 1. The second-order valence-corrected chi connectivity index (χ2v) is 5.91. The van der Waals surface area contributed by atoms with Crippen molar-refractivity contribution in [1.82, 2.24) is 4.98 Å². The third-order valence-electron chi connectivity index (χ3n) is 4.14. The maximum absolute atomic E-state index is 12.4. The fourth-order valence-corrected chi connectivity index (χ4v) is 2.79. The number of hydrogen-bond donors (Lipinski definition) is 1. The smallest absolute Gasteiger partial charge is 0.339 e. The van der Waals surface area contributed by atoms with Gasteiger partial charge in [0.25, 0.3) is 0 Å². The summed E-state index contributed by atoms with van der Waals surface area (Å²) in [6.07, 6.45) is 0. The van der Waals surface area contributed by atoms with Gasteiger partial charge >= 0.3 is 11.9 Å². The van der Waals surface area contributed by atoms with Crippen molar-refractivity contribution in [3.63, 3.8) is 0 Å². The van der Waals surface area contributed by atoms with E-state index in [0.29, 0.717) is 34.9 Å². The lowest BCUT2D eigenvalue weighted by atomic mass is 10.1. The van der Waals surface area contributed by atoms with Gasteiger partial charge in [0, 0.05) is 5.69 Å². The van der Waals surface area contributed by atoms with Crippen LogP contribution < -0.4 is 9.47 Å². The first-order chi connectivity index (χ1) is 13.3. The van der Waals surface area contributed by atoms with Gasteiger partial charge in [-0.3, -0.25) is 4.79 Å².